The summed E-state index contributed by atoms with van der Waals surface area (Å²) in [4.78, 5) is 18.2. The Hall–Kier alpha value is 0.917. The molecule has 0 spiro atoms. The first-order valence-corrected chi connectivity index (χ1v) is 37.6. The second-order valence-electron chi connectivity index (χ2n) is 13.9. The third kappa shape index (κ3) is 9.20. The normalized spacial score (nSPS) is 19.1. The zero-order chi connectivity index (χ0) is 28.8. The van der Waals surface area contributed by atoms with Crippen LogP contribution in [-0.4, -0.2) is 50.0 Å². The molecule has 2 heterocycles. The minimum absolute atomic E-state index is 0.0875. The number of hydrogen-bond donors (Lipinski definition) is 0. The predicted octanol–water partition coefficient (Wildman–Crippen LogP) is 10.2. The quantitative estimate of drug-likeness (QED) is 0.149. The van der Waals surface area contributed by atoms with E-state index in [1.165, 1.54) is 78.7 Å². The van der Waals surface area contributed by atoms with E-state index in [4.69, 9.17) is 9.47 Å². The number of rotatable bonds is 17. The molecule has 4 atom stereocenters. The second kappa shape index (κ2) is 15.6. The van der Waals surface area contributed by atoms with Crippen molar-refractivity contribution < 1.29 is 9.47 Å². The first kappa shape index (κ1) is 34.4. The average Bonchev–Trinajstić information content (AvgIpc) is 3.52. The number of thiophene rings is 2. The fourth-order valence-corrected chi connectivity index (χ4v) is 18.7. The van der Waals surface area contributed by atoms with E-state index in [2.05, 4.69) is 92.1 Å². The molecular weight excluding hydrogens is 730 g/mol. The molecule has 0 bridgehead atoms. The summed E-state index contributed by atoms with van der Waals surface area (Å²) in [6, 6.07) is 5.14. The molecule has 2 aromatic rings. The zero-order valence-corrected chi connectivity index (χ0v) is 34.2. The van der Waals surface area contributed by atoms with E-state index in [0.29, 0.717) is 5.92 Å². The molecule has 0 aromatic carbocycles. The standard InChI is InChI=1S/C27H40O2S2.6CH3.2Sn/c1-5-9-11-20(7-3)13-16-28-24-22-14-17-31-27(22)25(23-15-18-30-26(23)24)29-19-21(8-4)12-10-6-2;;;;;;;;/h14-15,20-21,24-25H,5-13,16,19H2,1-4H3;6*1H3;;. The van der Waals surface area contributed by atoms with Crippen molar-refractivity contribution in [1.82, 2.24) is 0 Å². The number of hydrogen-bond acceptors (Lipinski definition) is 4. The Labute approximate surface area is 257 Å². The summed E-state index contributed by atoms with van der Waals surface area (Å²) in [7, 11) is 0. The van der Waals surface area contributed by atoms with Gasteiger partial charge in [0.1, 0.15) is 0 Å². The Bertz CT molecular complexity index is 954. The summed E-state index contributed by atoms with van der Waals surface area (Å²) in [6.45, 7) is 11.0. The van der Waals surface area contributed by atoms with Crippen LogP contribution in [0.25, 0.3) is 0 Å². The van der Waals surface area contributed by atoms with E-state index in [0.717, 1.165) is 19.1 Å². The second-order valence-corrected chi connectivity index (χ2v) is 46.9. The third-order valence-electron chi connectivity index (χ3n) is 8.50. The van der Waals surface area contributed by atoms with E-state index in [-0.39, 0.29) is 12.2 Å². The molecule has 2 nitrogen and oxygen atoms in total. The Kier molecular flexibility index (Phi) is 13.8. The molecule has 0 N–H and O–H groups in total. The Morgan fingerprint density at radius 2 is 1.13 bits per heavy atom. The Balaban J connectivity index is 1.98. The van der Waals surface area contributed by atoms with Crippen molar-refractivity contribution in [2.45, 2.75) is 127 Å². The van der Waals surface area contributed by atoms with Crippen molar-refractivity contribution in [3.8, 4) is 0 Å². The van der Waals surface area contributed by atoms with Crippen molar-refractivity contribution >= 4 is 65.2 Å². The van der Waals surface area contributed by atoms with Crippen LogP contribution in [0.15, 0.2) is 12.1 Å². The molecule has 2 aromatic heterocycles. The van der Waals surface area contributed by atoms with Crippen LogP contribution >= 0.6 is 22.7 Å². The molecule has 6 heteroatoms. The van der Waals surface area contributed by atoms with Gasteiger partial charge in [-0.1, -0.05) is 0 Å². The van der Waals surface area contributed by atoms with Gasteiger partial charge in [-0.3, -0.25) is 0 Å². The molecule has 0 amide bonds. The van der Waals surface area contributed by atoms with Crippen LogP contribution in [0.5, 0.6) is 0 Å². The molecule has 0 saturated heterocycles. The summed E-state index contributed by atoms with van der Waals surface area (Å²) in [5.74, 6) is 1.44. The van der Waals surface area contributed by atoms with Gasteiger partial charge >= 0.3 is 260 Å². The van der Waals surface area contributed by atoms with Gasteiger partial charge in [-0.25, -0.2) is 0 Å². The monoisotopic (exact) mass is 790 g/mol. The molecule has 4 unspecified atom stereocenters. The SMILES string of the molecule is CCCCC(CC)CCOC1c2c[c]([Sn]([CH3])([CH3])[CH3])sc2C(OCC(CC)CCCC)c2c[c]([Sn]([CH3])([CH3])[CH3])sc21. The first-order chi connectivity index (χ1) is 18.4. The van der Waals surface area contributed by atoms with Gasteiger partial charge in [0.25, 0.3) is 0 Å². The molecule has 0 aliphatic heterocycles. The molecular formula is C33H58O2S2Sn2. The molecule has 0 fully saturated rings. The van der Waals surface area contributed by atoms with Gasteiger partial charge in [-0.05, 0) is 0 Å². The first-order valence-electron chi connectivity index (χ1n) is 16.0. The summed E-state index contributed by atoms with van der Waals surface area (Å²) in [5, 5.41) is 0. The van der Waals surface area contributed by atoms with E-state index in [1.54, 1.807) is 5.79 Å². The van der Waals surface area contributed by atoms with Crippen LogP contribution < -0.4 is 5.79 Å². The van der Waals surface area contributed by atoms with E-state index < -0.39 is 36.8 Å². The molecule has 1 aliphatic rings. The molecule has 3 rings (SSSR count). The Morgan fingerprint density at radius 1 is 0.667 bits per heavy atom. The summed E-state index contributed by atoms with van der Waals surface area (Å²) >= 11 is -0.356. The van der Waals surface area contributed by atoms with Gasteiger partial charge < -0.3 is 0 Å². The minimum atomic E-state index is -2.25. The van der Waals surface area contributed by atoms with Gasteiger partial charge in [0.15, 0.2) is 0 Å². The fourth-order valence-electron chi connectivity index (χ4n) is 5.54. The van der Waals surface area contributed by atoms with Crippen molar-refractivity contribution in [3.63, 3.8) is 0 Å². The van der Waals surface area contributed by atoms with Crippen LogP contribution in [-0.2, 0) is 9.47 Å². The summed E-state index contributed by atoms with van der Waals surface area (Å²) in [6.07, 6.45) is 11.6. The van der Waals surface area contributed by atoms with Crippen LogP contribution in [0, 0.1) is 11.8 Å². The molecule has 1 aliphatic carbocycles. The topological polar surface area (TPSA) is 18.5 Å². The zero-order valence-electron chi connectivity index (χ0n) is 26.9. The van der Waals surface area contributed by atoms with Gasteiger partial charge in [0.05, 0.1) is 0 Å². The molecule has 0 radical (unpaired) electrons. The van der Waals surface area contributed by atoms with Crippen LogP contribution in [0.4, 0.5) is 0 Å². The summed E-state index contributed by atoms with van der Waals surface area (Å²) < 4.78 is 17.3. The molecule has 0 saturated carbocycles. The van der Waals surface area contributed by atoms with Crippen molar-refractivity contribution in [1.29, 1.82) is 0 Å². The van der Waals surface area contributed by atoms with E-state index in [1.807, 2.05) is 0 Å². The molecule has 39 heavy (non-hydrogen) atoms. The maximum absolute atomic E-state index is 7.00. The van der Waals surface area contributed by atoms with E-state index >= 15 is 0 Å². The molecule has 222 valence electrons. The van der Waals surface area contributed by atoms with Gasteiger partial charge in [0, 0.05) is 0 Å². The van der Waals surface area contributed by atoms with Crippen LogP contribution in [0.3, 0.4) is 0 Å². The van der Waals surface area contributed by atoms with E-state index in [9.17, 15) is 0 Å². The van der Waals surface area contributed by atoms with Crippen LogP contribution in [0.2, 0.25) is 29.6 Å². The van der Waals surface area contributed by atoms with Crippen molar-refractivity contribution in [2.75, 3.05) is 13.2 Å². The van der Waals surface area contributed by atoms with Crippen molar-refractivity contribution in [2.24, 2.45) is 11.8 Å². The van der Waals surface area contributed by atoms with Crippen molar-refractivity contribution in [3.05, 3.63) is 33.0 Å². The fraction of sp³-hybridized carbons (Fsp3) is 0.758. The third-order valence-corrected chi connectivity index (χ3v) is 29.7. The summed E-state index contributed by atoms with van der Waals surface area (Å²) in [5.41, 5.74) is 2.89. The number of fused-ring (bicyclic) bond motifs is 2. The Morgan fingerprint density at radius 3 is 1.56 bits per heavy atom. The maximum atomic E-state index is 7.00. The van der Waals surface area contributed by atoms with Gasteiger partial charge in [0.2, 0.25) is 0 Å². The number of unbranched alkanes of at least 4 members (excludes halogenated alkanes) is 2. The number of ether oxygens (including phenoxy) is 2. The predicted molar refractivity (Wildman–Crippen MR) is 181 cm³/mol. The average molecular weight is 788 g/mol. The van der Waals surface area contributed by atoms with Gasteiger partial charge in [-0.2, -0.15) is 0 Å². The van der Waals surface area contributed by atoms with Crippen LogP contribution in [0.1, 0.15) is 119 Å². The van der Waals surface area contributed by atoms with Gasteiger partial charge in [-0.15, -0.1) is 0 Å².